The molecule has 0 aliphatic rings. The highest BCUT2D eigenvalue weighted by atomic mass is 15.3. The molecule has 0 unspecified atom stereocenters. The number of hydrogen-bond donors (Lipinski definition) is 1. The third kappa shape index (κ3) is 2.33. The lowest BCUT2D eigenvalue weighted by Gasteiger charge is -2.12. The van der Waals surface area contributed by atoms with Gasteiger partial charge in [0.1, 0.15) is 0 Å². The van der Waals surface area contributed by atoms with Crippen molar-refractivity contribution in [2.45, 2.75) is 27.2 Å². The molecule has 3 heteroatoms. The summed E-state index contributed by atoms with van der Waals surface area (Å²) < 4.78 is 0. The first kappa shape index (κ1) is 8.24. The SMILES string of the molecule is CC(C)[C@H](C)Cc1cn[nH]n1. The van der Waals surface area contributed by atoms with Crippen LogP contribution in [0.25, 0.3) is 0 Å². The van der Waals surface area contributed by atoms with E-state index in [0.717, 1.165) is 12.1 Å². The molecule has 62 valence electrons. The van der Waals surface area contributed by atoms with Gasteiger partial charge in [0.2, 0.25) is 0 Å². The predicted octanol–water partition coefficient (Wildman–Crippen LogP) is 1.64. The zero-order chi connectivity index (χ0) is 8.27. The Balaban J connectivity index is 2.43. The largest absolute Gasteiger partial charge is 0.198 e. The molecule has 0 saturated heterocycles. The van der Waals surface area contributed by atoms with Crippen molar-refractivity contribution < 1.29 is 0 Å². The first-order valence-electron chi connectivity index (χ1n) is 4.04. The molecule has 0 saturated carbocycles. The summed E-state index contributed by atoms with van der Waals surface area (Å²) in [5.74, 6) is 1.40. The molecule has 0 radical (unpaired) electrons. The van der Waals surface area contributed by atoms with E-state index in [1.165, 1.54) is 0 Å². The molecule has 0 bridgehead atoms. The van der Waals surface area contributed by atoms with Crippen LogP contribution in [-0.2, 0) is 6.42 Å². The molecule has 3 nitrogen and oxygen atoms in total. The fourth-order valence-corrected chi connectivity index (χ4v) is 0.889. The Morgan fingerprint density at radius 1 is 1.45 bits per heavy atom. The van der Waals surface area contributed by atoms with E-state index >= 15 is 0 Å². The third-order valence-electron chi connectivity index (χ3n) is 2.13. The number of rotatable bonds is 3. The molecule has 1 heterocycles. The molecule has 0 aliphatic heterocycles. The average molecular weight is 153 g/mol. The summed E-state index contributed by atoms with van der Waals surface area (Å²) in [6, 6.07) is 0. The standard InChI is InChI=1S/C8H15N3/c1-6(2)7(3)4-8-5-9-11-10-8/h5-7H,4H2,1-3H3,(H,9,10,11)/t7-/m1/s1. The highest BCUT2D eigenvalue weighted by Gasteiger charge is 2.08. The minimum Gasteiger partial charge on any atom is -0.198 e. The first-order chi connectivity index (χ1) is 5.20. The van der Waals surface area contributed by atoms with Crippen LogP contribution in [0.5, 0.6) is 0 Å². The molecule has 0 fully saturated rings. The van der Waals surface area contributed by atoms with Gasteiger partial charge in [-0.3, -0.25) is 0 Å². The van der Waals surface area contributed by atoms with Crippen LogP contribution >= 0.6 is 0 Å². The Morgan fingerprint density at radius 3 is 2.64 bits per heavy atom. The van der Waals surface area contributed by atoms with Crippen LogP contribution in [0.2, 0.25) is 0 Å². The Kier molecular flexibility index (Phi) is 2.63. The molecular formula is C8H15N3. The van der Waals surface area contributed by atoms with Crippen molar-refractivity contribution in [1.29, 1.82) is 0 Å². The molecular weight excluding hydrogens is 138 g/mol. The summed E-state index contributed by atoms with van der Waals surface area (Å²) in [6.07, 6.45) is 2.81. The van der Waals surface area contributed by atoms with E-state index in [1.54, 1.807) is 6.20 Å². The summed E-state index contributed by atoms with van der Waals surface area (Å²) in [4.78, 5) is 0. The van der Waals surface area contributed by atoms with E-state index in [0.29, 0.717) is 11.8 Å². The third-order valence-corrected chi connectivity index (χ3v) is 2.13. The van der Waals surface area contributed by atoms with E-state index in [2.05, 4.69) is 36.2 Å². The smallest absolute Gasteiger partial charge is 0.0827 e. The molecule has 1 rings (SSSR count). The number of aromatic amines is 1. The van der Waals surface area contributed by atoms with Crippen LogP contribution in [-0.4, -0.2) is 15.4 Å². The van der Waals surface area contributed by atoms with Gasteiger partial charge in [-0.05, 0) is 18.3 Å². The predicted molar refractivity (Wildman–Crippen MR) is 44.1 cm³/mol. The minimum absolute atomic E-state index is 0.681. The molecule has 1 aromatic rings. The number of nitrogens with zero attached hydrogens (tertiary/aromatic N) is 2. The first-order valence-corrected chi connectivity index (χ1v) is 4.04. The minimum atomic E-state index is 0.681. The molecule has 1 N–H and O–H groups in total. The lowest BCUT2D eigenvalue weighted by molar-refractivity contribution is 0.413. The quantitative estimate of drug-likeness (QED) is 0.717. The van der Waals surface area contributed by atoms with Crippen molar-refractivity contribution in [3.8, 4) is 0 Å². The number of aromatic nitrogens is 3. The van der Waals surface area contributed by atoms with E-state index in [-0.39, 0.29) is 0 Å². The van der Waals surface area contributed by atoms with Crippen LogP contribution in [0.15, 0.2) is 6.20 Å². The van der Waals surface area contributed by atoms with Crippen LogP contribution in [0.3, 0.4) is 0 Å². The Hall–Kier alpha value is -0.860. The van der Waals surface area contributed by atoms with Crippen LogP contribution < -0.4 is 0 Å². The van der Waals surface area contributed by atoms with Gasteiger partial charge in [0.25, 0.3) is 0 Å². The van der Waals surface area contributed by atoms with Crippen LogP contribution in [0, 0.1) is 11.8 Å². The Morgan fingerprint density at radius 2 is 2.18 bits per heavy atom. The summed E-state index contributed by atoms with van der Waals surface area (Å²) in [7, 11) is 0. The van der Waals surface area contributed by atoms with Gasteiger partial charge in [0, 0.05) is 0 Å². The monoisotopic (exact) mass is 153 g/mol. The zero-order valence-corrected chi connectivity index (χ0v) is 7.33. The fraction of sp³-hybridized carbons (Fsp3) is 0.750. The van der Waals surface area contributed by atoms with Gasteiger partial charge >= 0.3 is 0 Å². The van der Waals surface area contributed by atoms with E-state index < -0.39 is 0 Å². The second-order valence-corrected chi connectivity index (χ2v) is 3.39. The maximum Gasteiger partial charge on any atom is 0.0827 e. The summed E-state index contributed by atoms with van der Waals surface area (Å²) in [5.41, 5.74) is 1.06. The normalized spacial score (nSPS) is 13.8. The Labute approximate surface area is 67.2 Å². The second-order valence-electron chi connectivity index (χ2n) is 3.39. The molecule has 0 amide bonds. The summed E-state index contributed by atoms with van der Waals surface area (Å²) >= 11 is 0. The number of nitrogens with one attached hydrogen (secondary N) is 1. The molecule has 0 spiro atoms. The topological polar surface area (TPSA) is 41.6 Å². The lowest BCUT2D eigenvalue weighted by atomic mass is 9.94. The van der Waals surface area contributed by atoms with Gasteiger partial charge in [-0.25, -0.2) is 0 Å². The van der Waals surface area contributed by atoms with Gasteiger partial charge in [-0.15, -0.1) is 0 Å². The van der Waals surface area contributed by atoms with Crippen molar-refractivity contribution in [3.63, 3.8) is 0 Å². The van der Waals surface area contributed by atoms with Crippen LogP contribution in [0.1, 0.15) is 26.5 Å². The molecule has 0 aromatic carbocycles. The van der Waals surface area contributed by atoms with Gasteiger partial charge < -0.3 is 0 Å². The number of hydrogen-bond acceptors (Lipinski definition) is 2. The highest BCUT2D eigenvalue weighted by Crippen LogP contribution is 2.13. The summed E-state index contributed by atoms with van der Waals surface area (Å²) in [6.45, 7) is 6.69. The maximum atomic E-state index is 4.00. The molecule has 1 atom stereocenters. The van der Waals surface area contributed by atoms with Gasteiger partial charge in [0.05, 0.1) is 11.9 Å². The zero-order valence-electron chi connectivity index (χ0n) is 7.33. The van der Waals surface area contributed by atoms with E-state index in [4.69, 9.17) is 0 Å². The molecule has 11 heavy (non-hydrogen) atoms. The van der Waals surface area contributed by atoms with Crippen molar-refractivity contribution in [3.05, 3.63) is 11.9 Å². The lowest BCUT2D eigenvalue weighted by Crippen LogP contribution is -2.07. The van der Waals surface area contributed by atoms with E-state index in [9.17, 15) is 0 Å². The van der Waals surface area contributed by atoms with Gasteiger partial charge in [0.15, 0.2) is 0 Å². The average Bonchev–Trinajstić information content (AvgIpc) is 2.39. The molecule has 1 aromatic heterocycles. The molecule has 0 aliphatic carbocycles. The van der Waals surface area contributed by atoms with Crippen LogP contribution in [0.4, 0.5) is 0 Å². The van der Waals surface area contributed by atoms with Crippen molar-refractivity contribution in [2.24, 2.45) is 11.8 Å². The van der Waals surface area contributed by atoms with Gasteiger partial charge in [-0.1, -0.05) is 20.8 Å². The number of H-pyrrole nitrogens is 1. The van der Waals surface area contributed by atoms with Gasteiger partial charge in [-0.2, -0.15) is 15.4 Å². The Bertz CT molecular complexity index is 191. The highest BCUT2D eigenvalue weighted by molar-refractivity contribution is 4.92. The second kappa shape index (κ2) is 3.51. The van der Waals surface area contributed by atoms with Crippen molar-refractivity contribution in [1.82, 2.24) is 15.4 Å². The van der Waals surface area contributed by atoms with Crippen molar-refractivity contribution >= 4 is 0 Å². The fourth-order valence-electron chi connectivity index (χ4n) is 0.889. The van der Waals surface area contributed by atoms with E-state index in [1.807, 2.05) is 0 Å². The maximum absolute atomic E-state index is 4.00. The van der Waals surface area contributed by atoms with Crippen molar-refractivity contribution in [2.75, 3.05) is 0 Å². The summed E-state index contributed by atoms with van der Waals surface area (Å²) in [5, 5.41) is 10.4.